The summed E-state index contributed by atoms with van der Waals surface area (Å²) in [6.07, 6.45) is 0.613. The molecule has 0 radical (unpaired) electrons. The third-order valence-electron chi connectivity index (χ3n) is 3.65. The van der Waals surface area contributed by atoms with Gasteiger partial charge in [-0.2, -0.15) is 4.98 Å². The molecule has 0 aliphatic carbocycles. The van der Waals surface area contributed by atoms with Crippen molar-refractivity contribution >= 4 is 28.2 Å². The monoisotopic (exact) mass is 358 g/mol. The Balaban J connectivity index is 1.66. The highest BCUT2D eigenvalue weighted by Crippen LogP contribution is 2.23. The standard InChI is InChI=1S/C17H18N4O3S/c1-11-5-3-4-6-14(11)16-19-17-21(20-16)13(10-25-17)7-8-18-15(23)9-24-12(2)22/h3-6,10H,7-9H2,1-2H3,(H,18,23). The number of hydrogen-bond acceptors (Lipinski definition) is 6. The number of benzene rings is 1. The molecule has 0 aliphatic heterocycles. The number of nitrogens with zero attached hydrogens (tertiary/aromatic N) is 3. The Hall–Kier alpha value is -2.74. The lowest BCUT2D eigenvalue weighted by Crippen LogP contribution is -2.30. The van der Waals surface area contributed by atoms with Gasteiger partial charge in [0.15, 0.2) is 12.4 Å². The number of thiazole rings is 1. The fourth-order valence-corrected chi connectivity index (χ4v) is 3.24. The van der Waals surface area contributed by atoms with Crippen molar-refractivity contribution in [2.75, 3.05) is 13.2 Å². The molecule has 0 unspecified atom stereocenters. The van der Waals surface area contributed by atoms with Crippen molar-refractivity contribution in [3.05, 3.63) is 40.9 Å². The number of amides is 1. The van der Waals surface area contributed by atoms with Gasteiger partial charge in [-0.3, -0.25) is 9.59 Å². The van der Waals surface area contributed by atoms with Gasteiger partial charge < -0.3 is 10.1 Å². The summed E-state index contributed by atoms with van der Waals surface area (Å²) in [5.41, 5.74) is 3.11. The van der Waals surface area contributed by atoms with E-state index in [-0.39, 0.29) is 12.5 Å². The van der Waals surface area contributed by atoms with E-state index < -0.39 is 5.97 Å². The van der Waals surface area contributed by atoms with Gasteiger partial charge >= 0.3 is 5.97 Å². The first kappa shape index (κ1) is 17.1. The summed E-state index contributed by atoms with van der Waals surface area (Å²) in [5, 5.41) is 9.29. The summed E-state index contributed by atoms with van der Waals surface area (Å²) < 4.78 is 6.46. The first-order valence-corrected chi connectivity index (χ1v) is 8.72. The van der Waals surface area contributed by atoms with E-state index in [0.717, 1.165) is 21.8 Å². The van der Waals surface area contributed by atoms with Crippen LogP contribution in [-0.2, 0) is 20.7 Å². The van der Waals surface area contributed by atoms with Gasteiger partial charge in [-0.05, 0) is 12.5 Å². The van der Waals surface area contributed by atoms with E-state index in [0.29, 0.717) is 18.8 Å². The van der Waals surface area contributed by atoms with E-state index in [9.17, 15) is 9.59 Å². The van der Waals surface area contributed by atoms with Gasteiger partial charge in [0.05, 0.1) is 5.69 Å². The molecule has 1 amide bonds. The first-order chi connectivity index (χ1) is 12.0. The van der Waals surface area contributed by atoms with Crippen LogP contribution < -0.4 is 5.32 Å². The number of rotatable bonds is 6. The average Bonchev–Trinajstić information content (AvgIpc) is 3.15. The lowest BCUT2D eigenvalue weighted by Gasteiger charge is -2.04. The third-order valence-corrected chi connectivity index (χ3v) is 4.51. The molecule has 0 spiro atoms. The molecule has 1 N–H and O–H groups in total. The minimum absolute atomic E-state index is 0.255. The highest BCUT2D eigenvalue weighted by Gasteiger charge is 2.13. The Kier molecular flexibility index (Phi) is 5.08. The molecule has 25 heavy (non-hydrogen) atoms. The minimum Gasteiger partial charge on any atom is -0.456 e. The number of nitrogens with one attached hydrogen (secondary N) is 1. The van der Waals surface area contributed by atoms with E-state index in [1.165, 1.54) is 18.3 Å². The van der Waals surface area contributed by atoms with Gasteiger partial charge in [0, 0.05) is 30.8 Å². The predicted molar refractivity (Wildman–Crippen MR) is 94.4 cm³/mol. The van der Waals surface area contributed by atoms with Crippen molar-refractivity contribution < 1.29 is 14.3 Å². The number of fused-ring (bicyclic) bond motifs is 1. The van der Waals surface area contributed by atoms with Crippen molar-refractivity contribution in [2.24, 2.45) is 0 Å². The van der Waals surface area contributed by atoms with E-state index in [4.69, 9.17) is 0 Å². The lowest BCUT2D eigenvalue weighted by atomic mass is 10.1. The maximum absolute atomic E-state index is 11.5. The second kappa shape index (κ2) is 7.43. The van der Waals surface area contributed by atoms with Gasteiger partial charge in [0.1, 0.15) is 0 Å². The molecule has 0 saturated heterocycles. The van der Waals surface area contributed by atoms with Crippen LogP contribution in [0.25, 0.3) is 16.3 Å². The Morgan fingerprint density at radius 1 is 1.32 bits per heavy atom. The Bertz CT molecular complexity index is 916. The second-order valence-corrected chi connectivity index (χ2v) is 6.39. The molecule has 2 aromatic heterocycles. The third kappa shape index (κ3) is 4.03. The smallest absolute Gasteiger partial charge is 0.303 e. The molecule has 0 aliphatic rings. The Labute approximate surface area is 148 Å². The molecule has 7 nitrogen and oxygen atoms in total. The second-order valence-electron chi connectivity index (χ2n) is 5.55. The number of esters is 1. The van der Waals surface area contributed by atoms with Crippen LogP contribution in [0.1, 0.15) is 18.2 Å². The van der Waals surface area contributed by atoms with Crippen LogP contribution in [0.15, 0.2) is 29.6 Å². The molecule has 2 heterocycles. The van der Waals surface area contributed by atoms with Crippen molar-refractivity contribution in [1.82, 2.24) is 19.9 Å². The zero-order chi connectivity index (χ0) is 17.8. The predicted octanol–water partition coefficient (Wildman–Crippen LogP) is 1.99. The van der Waals surface area contributed by atoms with Crippen molar-refractivity contribution in [2.45, 2.75) is 20.3 Å². The number of aromatic nitrogens is 3. The van der Waals surface area contributed by atoms with Crippen LogP contribution in [0.2, 0.25) is 0 Å². The average molecular weight is 358 g/mol. The number of carbonyl (C=O) groups is 2. The van der Waals surface area contributed by atoms with Crippen LogP contribution in [0, 0.1) is 6.92 Å². The topological polar surface area (TPSA) is 85.6 Å². The van der Waals surface area contributed by atoms with Gasteiger partial charge in [0.25, 0.3) is 5.91 Å². The summed E-state index contributed by atoms with van der Waals surface area (Å²) in [7, 11) is 0. The van der Waals surface area contributed by atoms with Gasteiger partial charge in [0.2, 0.25) is 4.96 Å². The molecule has 8 heteroatoms. The molecule has 0 saturated carbocycles. The molecule has 0 fully saturated rings. The maximum atomic E-state index is 11.5. The molecular formula is C17H18N4O3S. The zero-order valence-corrected chi connectivity index (χ0v) is 14.8. The summed E-state index contributed by atoms with van der Waals surface area (Å²) in [4.78, 5) is 27.6. The van der Waals surface area contributed by atoms with E-state index in [1.54, 1.807) is 0 Å². The lowest BCUT2D eigenvalue weighted by molar-refractivity contribution is -0.146. The van der Waals surface area contributed by atoms with Crippen LogP contribution in [0.4, 0.5) is 0 Å². The molecule has 1 aromatic carbocycles. The van der Waals surface area contributed by atoms with Crippen molar-refractivity contribution in [1.29, 1.82) is 0 Å². The van der Waals surface area contributed by atoms with Crippen LogP contribution >= 0.6 is 11.3 Å². The summed E-state index contributed by atoms with van der Waals surface area (Å²) in [6.45, 7) is 3.48. The molecule has 130 valence electrons. The molecule has 3 aromatic rings. The quantitative estimate of drug-likeness (QED) is 0.681. The maximum Gasteiger partial charge on any atom is 0.303 e. The van der Waals surface area contributed by atoms with Gasteiger partial charge in [-0.25, -0.2) is 4.52 Å². The minimum atomic E-state index is -0.471. The van der Waals surface area contributed by atoms with Crippen molar-refractivity contribution in [3.63, 3.8) is 0 Å². The van der Waals surface area contributed by atoms with Crippen molar-refractivity contribution in [3.8, 4) is 11.4 Å². The summed E-state index contributed by atoms with van der Waals surface area (Å²) in [6, 6.07) is 7.99. The van der Waals surface area contributed by atoms with Crippen LogP contribution in [0.3, 0.4) is 0 Å². The molecular weight excluding hydrogens is 340 g/mol. The van der Waals surface area contributed by atoms with Crippen LogP contribution in [-0.4, -0.2) is 39.6 Å². The highest BCUT2D eigenvalue weighted by atomic mass is 32.1. The highest BCUT2D eigenvalue weighted by molar-refractivity contribution is 7.15. The summed E-state index contributed by atoms with van der Waals surface area (Å²) >= 11 is 1.52. The molecule has 0 bridgehead atoms. The van der Waals surface area contributed by atoms with E-state index >= 15 is 0 Å². The van der Waals surface area contributed by atoms with E-state index in [1.807, 2.05) is 41.1 Å². The number of aryl methyl sites for hydroxylation is 1. The number of carbonyl (C=O) groups excluding carboxylic acids is 2. The van der Waals surface area contributed by atoms with Crippen LogP contribution in [0.5, 0.6) is 0 Å². The Morgan fingerprint density at radius 2 is 2.12 bits per heavy atom. The largest absolute Gasteiger partial charge is 0.456 e. The van der Waals surface area contributed by atoms with Gasteiger partial charge in [-0.1, -0.05) is 24.3 Å². The summed E-state index contributed by atoms with van der Waals surface area (Å²) in [5.74, 6) is -0.0907. The Morgan fingerprint density at radius 3 is 2.88 bits per heavy atom. The van der Waals surface area contributed by atoms with Gasteiger partial charge in [-0.15, -0.1) is 16.4 Å². The fraction of sp³-hybridized carbons (Fsp3) is 0.294. The first-order valence-electron chi connectivity index (χ1n) is 7.84. The fourth-order valence-electron chi connectivity index (χ4n) is 2.38. The molecule has 0 atom stereocenters. The zero-order valence-electron chi connectivity index (χ0n) is 14.0. The van der Waals surface area contributed by atoms with E-state index in [2.05, 4.69) is 20.1 Å². The number of ether oxygens (including phenoxy) is 1. The SMILES string of the molecule is CC(=O)OCC(=O)NCCc1csc2nc(-c3ccccc3C)nn12. The molecule has 3 rings (SSSR count). The normalized spacial score (nSPS) is 10.8. The number of hydrogen-bond donors (Lipinski definition) is 1.